The molecule has 116 valence electrons. The lowest BCUT2D eigenvalue weighted by Gasteiger charge is -2.10. The fraction of sp³-hybridized carbons (Fsp3) is 0.438. The minimum Gasteiger partial charge on any atom is -0.462 e. The summed E-state index contributed by atoms with van der Waals surface area (Å²) < 4.78 is 6.61. The summed E-state index contributed by atoms with van der Waals surface area (Å²) in [4.78, 5) is 24.1. The van der Waals surface area contributed by atoms with E-state index in [2.05, 4.69) is 10.4 Å². The molecule has 22 heavy (non-hydrogen) atoms. The molecule has 1 N–H and O–H groups in total. The van der Waals surface area contributed by atoms with Crippen molar-refractivity contribution in [3.05, 3.63) is 30.1 Å². The van der Waals surface area contributed by atoms with E-state index in [0.29, 0.717) is 23.4 Å². The normalized spacial score (nSPS) is 15.1. The number of hydrogen-bond donors (Lipinski definition) is 1. The van der Waals surface area contributed by atoms with Gasteiger partial charge in [-0.05, 0) is 31.9 Å². The Morgan fingerprint density at radius 2 is 2.18 bits per heavy atom. The van der Waals surface area contributed by atoms with Crippen LogP contribution >= 0.6 is 0 Å². The Morgan fingerprint density at radius 3 is 2.91 bits per heavy atom. The standard InChI is InChI=1S/C16H19N3O3/c1-2-22-16(21)13-10-17-19-8-7-12(9-14(13)19)18-15(20)11-5-3-4-6-11/h7-11H,2-6H2,1H3,(H,18,20). The van der Waals surface area contributed by atoms with Crippen LogP contribution in [-0.2, 0) is 9.53 Å². The van der Waals surface area contributed by atoms with Crippen molar-refractivity contribution in [1.82, 2.24) is 9.61 Å². The van der Waals surface area contributed by atoms with E-state index in [4.69, 9.17) is 4.74 Å². The molecule has 2 aromatic rings. The molecule has 1 aliphatic rings. The van der Waals surface area contributed by atoms with Gasteiger partial charge in [0.1, 0.15) is 5.56 Å². The van der Waals surface area contributed by atoms with Crippen LogP contribution in [0.3, 0.4) is 0 Å². The highest BCUT2D eigenvalue weighted by atomic mass is 16.5. The summed E-state index contributed by atoms with van der Waals surface area (Å²) in [6.45, 7) is 2.07. The molecule has 0 bridgehead atoms. The van der Waals surface area contributed by atoms with Gasteiger partial charge in [0.2, 0.25) is 5.91 Å². The molecule has 0 saturated heterocycles. The molecule has 2 heterocycles. The number of esters is 1. The molecule has 0 aliphatic heterocycles. The van der Waals surface area contributed by atoms with Crippen LogP contribution in [0.15, 0.2) is 24.5 Å². The number of ether oxygens (including phenoxy) is 1. The van der Waals surface area contributed by atoms with Crippen molar-refractivity contribution in [2.75, 3.05) is 11.9 Å². The first-order valence-corrected chi connectivity index (χ1v) is 7.64. The highest BCUT2D eigenvalue weighted by Crippen LogP contribution is 2.26. The highest BCUT2D eigenvalue weighted by molar-refractivity contribution is 5.98. The second-order valence-corrected chi connectivity index (χ2v) is 5.49. The SMILES string of the molecule is CCOC(=O)c1cnn2ccc(NC(=O)C3CCCC3)cc12. The first-order chi connectivity index (χ1) is 10.7. The van der Waals surface area contributed by atoms with Crippen LogP contribution in [0.1, 0.15) is 43.0 Å². The van der Waals surface area contributed by atoms with E-state index in [0.717, 1.165) is 25.7 Å². The second kappa shape index (κ2) is 6.17. The third-order valence-corrected chi connectivity index (χ3v) is 4.01. The van der Waals surface area contributed by atoms with Crippen LogP contribution < -0.4 is 5.32 Å². The Kier molecular flexibility index (Phi) is 4.09. The molecular weight excluding hydrogens is 282 g/mol. The maximum atomic E-state index is 12.2. The van der Waals surface area contributed by atoms with Gasteiger partial charge in [-0.2, -0.15) is 5.10 Å². The fourth-order valence-electron chi connectivity index (χ4n) is 2.86. The molecule has 0 unspecified atom stereocenters. The first kappa shape index (κ1) is 14.6. The van der Waals surface area contributed by atoms with E-state index in [1.54, 1.807) is 29.8 Å². The van der Waals surface area contributed by atoms with Gasteiger partial charge in [-0.15, -0.1) is 0 Å². The molecule has 1 aliphatic carbocycles. The third kappa shape index (κ3) is 2.81. The third-order valence-electron chi connectivity index (χ3n) is 4.01. The Hall–Kier alpha value is -2.37. The molecule has 3 rings (SSSR count). The predicted molar refractivity (Wildman–Crippen MR) is 81.7 cm³/mol. The topological polar surface area (TPSA) is 72.7 Å². The summed E-state index contributed by atoms with van der Waals surface area (Å²) >= 11 is 0. The fourth-order valence-corrected chi connectivity index (χ4v) is 2.86. The van der Waals surface area contributed by atoms with Crippen molar-refractivity contribution < 1.29 is 14.3 Å². The number of nitrogens with zero attached hydrogens (tertiary/aromatic N) is 2. The van der Waals surface area contributed by atoms with Gasteiger partial charge in [0.15, 0.2) is 0 Å². The molecule has 6 heteroatoms. The quantitative estimate of drug-likeness (QED) is 0.881. The number of anilines is 1. The van der Waals surface area contributed by atoms with Gasteiger partial charge >= 0.3 is 5.97 Å². The Labute approximate surface area is 128 Å². The van der Waals surface area contributed by atoms with Crippen LogP contribution in [0, 0.1) is 5.92 Å². The van der Waals surface area contributed by atoms with Crippen molar-refractivity contribution in [3.8, 4) is 0 Å². The summed E-state index contributed by atoms with van der Waals surface area (Å²) in [5, 5.41) is 7.05. The summed E-state index contributed by atoms with van der Waals surface area (Å²) in [6, 6.07) is 3.54. The molecule has 0 aromatic carbocycles. The number of carbonyl (C=O) groups excluding carboxylic acids is 2. The summed E-state index contributed by atoms with van der Waals surface area (Å²) in [7, 11) is 0. The van der Waals surface area contributed by atoms with Crippen LogP contribution in [0.5, 0.6) is 0 Å². The zero-order valence-corrected chi connectivity index (χ0v) is 12.5. The summed E-state index contributed by atoms with van der Waals surface area (Å²) in [5.74, 6) is -0.249. The van der Waals surface area contributed by atoms with Gasteiger partial charge in [-0.3, -0.25) is 4.79 Å². The van der Waals surface area contributed by atoms with Gasteiger partial charge in [-0.25, -0.2) is 9.31 Å². The van der Waals surface area contributed by atoms with Crippen molar-refractivity contribution >= 4 is 23.1 Å². The lowest BCUT2D eigenvalue weighted by molar-refractivity contribution is -0.119. The molecule has 2 aromatic heterocycles. The predicted octanol–water partition coefficient (Wildman–Crippen LogP) is 2.64. The van der Waals surface area contributed by atoms with Crippen LogP contribution in [0.4, 0.5) is 5.69 Å². The number of hydrogen-bond acceptors (Lipinski definition) is 4. The maximum absolute atomic E-state index is 12.2. The van der Waals surface area contributed by atoms with Crippen molar-refractivity contribution in [2.45, 2.75) is 32.6 Å². The van der Waals surface area contributed by atoms with Gasteiger partial charge in [0.25, 0.3) is 0 Å². The van der Waals surface area contributed by atoms with Gasteiger partial charge < -0.3 is 10.1 Å². The van der Waals surface area contributed by atoms with Gasteiger partial charge in [0.05, 0.1) is 18.3 Å². The molecule has 1 fully saturated rings. The monoisotopic (exact) mass is 301 g/mol. The lowest BCUT2D eigenvalue weighted by Crippen LogP contribution is -2.20. The van der Waals surface area contributed by atoms with E-state index in [1.807, 2.05) is 0 Å². The highest BCUT2D eigenvalue weighted by Gasteiger charge is 2.23. The molecule has 6 nitrogen and oxygen atoms in total. The van der Waals surface area contributed by atoms with E-state index in [9.17, 15) is 9.59 Å². The number of carbonyl (C=O) groups is 2. The largest absolute Gasteiger partial charge is 0.462 e. The maximum Gasteiger partial charge on any atom is 0.341 e. The van der Waals surface area contributed by atoms with Crippen LogP contribution in [0.2, 0.25) is 0 Å². The zero-order chi connectivity index (χ0) is 15.5. The van der Waals surface area contributed by atoms with Gasteiger partial charge in [0, 0.05) is 17.8 Å². The number of amides is 1. The second-order valence-electron chi connectivity index (χ2n) is 5.49. The Morgan fingerprint density at radius 1 is 1.41 bits per heavy atom. The number of aromatic nitrogens is 2. The van der Waals surface area contributed by atoms with Crippen LogP contribution in [-0.4, -0.2) is 28.1 Å². The average molecular weight is 301 g/mol. The van der Waals surface area contributed by atoms with E-state index >= 15 is 0 Å². The lowest BCUT2D eigenvalue weighted by atomic mass is 10.1. The van der Waals surface area contributed by atoms with Gasteiger partial charge in [-0.1, -0.05) is 12.8 Å². The molecule has 0 spiro atoms. The molecular formula is C16H19N3O3. The first-order valence-electron chi connectivity index (χ1n) is 7.64. The number of fused-ring (bicyclic) bond motifs is 1. The average Bonchev–Trinajstić information content (AvgIpc) is 3.17. The summed E-state index contributed by atoms with van der Waals surface area (Å²) in [5.41, 5.74) is 1.71. The smallest absolute Gasteiger partial charge is 0.341 e. The van der Waals surface area contributed by atoms with Crippen molar-refractivity contribution in [2.24, 2.45) is 5.92 Å². The van der Waals surface area contributed by atoms with Crippen molar-refractivity contribution in [1.29, 1.82) is 0 Å². The Bertz CT molecular complexity index is 702. The number of pyridine rings is 1. The van der Waals surface area contributed by atoms with Crippen molar-refractivity contribution in [3.63, 3.8) is 0 Å². The molecule has 0 atom stereocenters. The van der Waals surface area contributed by atoms with E-state index in [1.165, 1.54) is 6.20 Å². The summed E-state index contributed by atoms with van der Waals surface area (Å²) in [6.07, 6.45) is 7.35. The molecule has 0 radical (unpaired) electrons. The van der Waals surface area contributed by atoms with E-state index in [-0.39, 0.29) is 11.8 Å². The minimum absolute atomic E-state index is 0.0547. The molecule has 1 saturated carbocycles. The van der Waals surface area contributed by atoms with E-state index < -0.39 is 5.97 Å². The Balaban J connectivity index is 1.83. The molecule has 1 amide bonds. The number of nitrogens with one attached hydrogen (secondary N) is 1. The minimum atomic E-state index is -0.406. The van der Waals surface area contributed by atoms with Crippen LogP contribution in [0.25, 0.3) is 5.52 Å². The zero-order valence-electron chi connectivity index (χ0n) is 12.5. The number of rotatable bonds is 4.